The number of hydrogen-bond acceptors (Lipinski definition) is 6. The first-order valence-electron chi connectivity index (χ1n) is 8.63. The van der Waals surface area contributed by atoms with Crippen molar-refractivity contribution < 1.29 is 24.2 Å². The van der Waals surface area contributed by atoms with Crippen molar-refractivity contribution in [2.75, 3.05) is 14.1 Å². The van der Waals surface area contributed by atoms with Crippen LogP contribution < -0.4 is 9.84 Å². The molecule has 0 saturated carbocycles. The highest BCUT2D eigenvalue weighted by Crippen LogP contribution is 2.20. The predicted molar refractivity (Wildman–Crippen MR) is 108 cm³/mol. The summed E-state index contributed by atoms with van der Waals surface area (Å²) in [5.74, 6) is -1.53. The number of ether oxygens (including phenoxy) is 1. The van der Waals surface area contributed by atoms with Crippen molar-refractivity contribution in [2.24, 2.45) is 0 Å². The molecule has 0 spiro atoms. The Morgan fingerprint density at radius 3 is 2.07 bits per heavy atom. The van der Waals surface area contributed by atoms with Gasteiger partial charge >= 0.3 is 0 Å². The molecule has 8 heteroatoms. The van der Waals surface area contributed by atoms with Gasteiger partial charge in [-0.05, 0) is 47.1 Å². The lowest BCUT2D eigenvalue weighted by Crippen LogP contribution is -2.52. The molecular weight excluding hydrogens is 392 g/mol. The van der Waals surface area contributed by atoms with Crippen LogP contribution in [0, 0.1) is 0 Å². The molecule has 1 heterocycles. The summed E-state index contributed by atoms with van der Waals surface area (Å²) in [6.45, 7) is 0.262. The second-order valence-corrected chi connectivity index (χ2v) is 6.78. The number of rotatable bonds is 5. The third-order valence-electron chi connectivity index (χ3n) is 4.43. The van der Waals surface area contributed by atoms with E-state index in [0.29, 0.717) is 11.3 Å². The molecule has 148 valence electrons. The Kier molecular flexibility index (Phi) is 5.74. The Bertz CT molecular complexity index is 986. The molecule has 2 aromatic rings. The number of likely N-dealkylation sites (N-methyl/N-ethyl adjacent to an activating group) is 2. The molecule has 1 saturated heterocycles. The molecule has 0 radical (unpaired) electrons. The number of carboxylic acid groups (broad SMARTS) is 1. The second-order valence-electron chi connectivity index (χ2n) is 6.41. The summed E-state index contributed by atoms with van der Waals surface area (Å²) in [6, 6.07) is 13.1. The Morgan fingerprint density at radius 2 is 1.55 bits per heavy atom. The minimum Gasteiger partial charge on any atom is -0.545 e. The van der Waals surface area contributed by atoms with E-state index in [0.717, 1.165) is 5.56 Å². The Morgan fingerprint density at radius 1 is 1.00 bits per heavy atom. The predicted octanol–water partition coefficient (Wildman–Crippen LogP) is 1.23. The Hall–Kier alpha value is -3.52. The summed E-state index contributed by atoms with van der Waals surface area (Å²) < 4.78 is 5.68. The van der Waals surface area contributed by atoms with Gasteiger partial charge in [0, 0.05) is 14.1 Å². The smallest absolute Gasteiger partial charge is 0.265 e. The maximum Gasteiger partial charge on any atom is 0.265 e. The van der Waals surface area contributed by atoms with Gasteiger partial charge in [0.2, 0.25) is 0 Å². The average molecular weight is 409 g/mol. The number of benzene rings is 2. The van der Waals surface area contributed by atoms with E-state index in [9.17, 15) is 19.5 Å². The molecule has 2 aromatic carbocycles. The topological polar surface area (TPSA) is 90.0 Å². The first kappa shape index (κ1) is 20.2. The summed E-state index contributed by atoms with van der Waals surface area (Å²) in [7, 11) is 3.05. The van der Waals surface area contributed by atoms with Crippen molar-refractivity contribution in [1.29, 1.82) is 0 Å². The van der Waals surface area contributed by atoms with Crippen molar-refractivity contribution in [2.45, 2.75) is 6.61 Å². The maximum absolute atomic E-state index is 12.3. The van der Waals surface area contributed by atoms with Gasteiger partial charge in [0.1, 0.15) is 17.9 Å². The van der Waals surface area contributed by atoms with Crippen molar-refractivity contribution in [3.63, 3.8) is 0 Å². The van der Waals surface area contributed by atoms with Gasteiger partial charge in [-0.15, -0.1) is 0 Å². The molecule has 0 atom stereocenters. The molecule has 7 nitrogen and oxygen atoms in total. The van der Waals surface area contributed by atoms with E-state index in [1.54, 1.807) is 36.4 Å². The highest BCUT2D eigenvalue weighted by molar-refractivity contribution is 7.80. The van der Waals surface area contributed by atoms with Crippen molar-refractivity contribution in [3.05, 3.63) is 70.8 Å². The number of aromatic carboxylic acids is 1. The first-order chi connectivity index (χ1) is 13.8. The van der Waals surface area contributed by atoms with Gasteiger partial charge in [-0.3, -0.25) is 19.4 Å². The fourth-order valence-corrected chi connectivity index (χ4v) is 2.87. The fraction of sp³-hybridized carbons (Fsp3) is 0.143. The summed E-state index contributed by atoms with van der Waals surface area (Å²) in [5.41, 5.74) is 1.61. The molecule has 2 amide bonds. The quantitative estimate of drug-likeness (QED) is 0.419. The average Bonchev–Trinajstić information content (AvgIpc) is 2.73. The zero-order valence-electron chi connectivity index (χ0n) is 15.7. The van der Waals surface area contributed by atoms with E-state index in [1.165, 1.54) is 42.1 Å². The van der Waals surface area contributed by atoms with E-state index in [-0.39, 0.29) is 22.9 Å². The van der Waals surface area contributed by atoms with Gasteiger partial charge in [0.25, 0.3) is 11.8 Å². The minimum atomic E-state index is -1.23. The van der Waals surface area contributed by atoms with Gasteiger partial charge in [-0.2, -0.15) is 0 Å². The van der Waals surface area contributed by atoms with Crippen molar-refractivity contribution in [3.8, 4) is 5.75 Å². The van der Waals surface area contributed by atoms with Crippen LogP contribution in [0.2, 0.25) is 0 Å². The van der Waals surface area contributed by atoms with Crippen LogP contribution in [-0.2, 0) is 16.2 Å². The Labute approximate surface area is 172 Å². The Balaban J connectivity index is 1.69. The number of carbonyl (C=O) groups excluding carboxylic acids is 3. The molecule has 3 rings (SSSR count). The van der Waals surface area contributed by atoms with Gasteiger partial charge < -0.3 is 14.6 Å². The lowest BCUT2D eigenvalue weighted by molar-refractivity contribution is -0.255. The second kappa shape index (κ2) is 8.24. The molecular formula is C21H17N2O5S-. The maximum atomic E-state index is 12.3. The van der Waals surface area contributed by atoms with E-state index >= 15 is 0 Å². The fourth-order valence-electron chi connectivity index (χ4n) is 2.71. The number of amides is 2. The summed E-state index contributed by atoms with van der Waals surface area (Å²) >= 11 is 5.06. The van der Waals surface area contributed by atoms with Gasteiger partial charge in [-0.1, -0.05) is 36.4 Å². The lowest BCUT2D eigenvalue weighted by atomic mass is 10.1. The van der Waals surface area contributed by atoms with Crippen LogP contribution in [0.4, 0.5) is 0 Å². The van der Waals surface area contributed by atoms with Crippen LogP contribution in [0.3, 0.4) is 0 Å². The molecule has 1 fully saturated rings. The van der Waals surface area contributed by atoms with Gasteiger partial charge in [0.15, 0.2) is 5.11 Å². The SMILES string of the molecule is CN1C(=O)C(=Cc2ccc(OCc3ccc(C(=O)[O-])cc3)cc2)C(=O)N(C)C1=S. The number of nitrogens with zero attached hydrogens (tertiary/aromatic N) is 2. The highest BCUT2D eigenvalue weighted by atomic mass is 32.1. The molecule has 0 unspecified atom stereocenters. The molecule has 0 N–H and O–H groups in total. The number of hydrogen-bond donors (Lipinski definition) is 0. The van der Waals surface area contributed by atoms with Crippen LogP contribution in [0.15, 0.2) is 54.1 Å². The van der Waals surface area contributed by atoms with Crippen LogP contribution >= 0.6 is 12.2 Å². The lowest BCUT2D eigenvalue weighted by Gasteiger charge is -2.31. The first-order valence-corrected chi connectivity index (χ1v) is 9.03. The molecule has 0 aliphatic carbocycles. The van der Waals surface area contributed by atoms with E-state index < -0.39 is 17.8 Å². The van der Waals surface area contributed by atoms with E-state index in [4.69, 9.17) is 17.0 Å². The van der Waals surface area contributed by atoms with Crippen molar-refractivity contribution >= 4 is 41.2 Å². The van der Waals surface area contributed by atoms with Crippen LogP contribution in [0.1, 0.15) is 21.5 Å². The zero-order valence-corrected chi connectivity index (χ0v) is 16.6. The molecule has 0 aromatic heterocycles. The third-order valence-corrected chi connectivity index (χ3v) is 4.98. The molecule has 0 bridgehead atoms. The summed E-state index contributed by atoms with van der Waals surface area (Å²) in [5, 5.41) is 10.9. The molecule has 1 aliphatic heterocycles. The summed E-state index contributed by atoms with van der Waals surface area (Å²) in [6.07, 6.45) is 1.52. The number of carboxylic acids is 1. The van der Waals surface area contributed by atoms with Gasteiger partial charge in [0.05, 0.1) is 5.97 Å². The monoisotopic (exact) mass is 409 g/mol. The summed E-state index contributed by atoms with van der Waals surface area (Å²) in [4.78, 5) is 38.0. The zero-order chi connectivity index (χ0) is 21.1. The van der Waals surface area contributed by atoms with Gasteiger partial charge in [-0.25, -0.2) is 0 Å². The van der Waals surface area contributed by atoms with E-state index in [2.05, 4.69) is 0 Å². The molecule has 1 aliphatic rings. The number of thiocarbonyl (C=S) groups is 1. The minimum absolute atomic E-state index is 0.0327. The molecule has 29 heavy (non-hydrogen) atoms. The standard InChI is InChI=1S/C21H18N2O5S/c1-22-18(24)17(19(25)23(2)21(22)29)11-13-5-9-16(10-6-13)28-12-14-3-7-15(8-4-14)20(26)27/h3-11H,12H2,1-2H3,(H,26,27)/p-1. The highest BCUT2D eigenvalue weighted by Gasteiger charge is 2.35. The number of carbonyl (C=O) groups is 3. The van der Waals surface area contributed by atoms with Crippen LogP contribution in [0.25, 0.3) is 6.08 Å². The normalized spacial score (nSPS) is 14.3. The van der Waals surface area contributed by atoms with Crippen molar-refractivity contribution in [1.82, 2.24) is 9.80 Å². The largest absolute Gasteiger partial charge is 0.545 e. The van der Waals surface area contributed by atoms with Crippen LogP contribution in [-0.4, -0.2) is 46.8 Å². The van der Waals surface area contributed by atoms with E-state index in [1.807, 2.05) is 0 Å². The third kappa shape index (κ3) is 4.33. The van der Waals surface area contributed by atoms with Crippen LogP contribution in [0.5, 0.6) is 5.75 Å².